The molecule has 2 aromatic rings. The van der Waals surface area contributed by atoms with E-state index < -0.39 is 6.10 Å². The van der Waals surface area contributed by atoms with Gasteiger partial charge in [0.2, 0.25) is 0 Å². The van der Waals surface area contributed by atoms with E-state index in [1.807, 2.05) is 30.4 Å². The molecule has 2 aliphatic heterocycles. The van der Waals surface area contributed by atoms with Gasteiger partial charge in [-0.1, -0.05) is 30.4 Å². The molecule has 6 heteroatoms. The number of hydrogen-bond donors (Lipinski definition) is 3. The fourth-order valence-electron chi connectivity index (χ4n) is 4.44. The molecule has 1 saturated carbocycles. The molecule has 162 valence electrons. The van der Waals surface area contributed by atoms with Gasteiger partial charge in [-0.05, 0) is 59.7 Å². The van der Waals surface area contributed by atoms with Crippen LogP contribution in [0.1, 0.15) is 35.4 Å². The Labute approximate surface area is 183 Å². The third-order valence-electron chi connectivity index (χ3n) is 6.45. The molecule has 0 bridgehead atoms. The van der Waals surface area contributed by atoms with Gasteiger partial charge in [0.15, 0.2) is 0 Å². The van der Waals surface area contributed by atoms with E-state index in [0.29, 0.717) is 13.1 Å². The number of β-amino-alcohol motifs (C(OH)–C–C–N with tert-alkyl or cyclic N) is 1. The maximum absolute atomic E-state index is 11.4. The van der Waals surface area contributed by atoms with Gasteiger partial charge in [0.25, 0.3) is 0 Å². The van der Waals surface area contributed by atoms with E-state index in [2.05, 4.69) is 44.7 Å². The molecule has 2 heterocycles. The summed E-state index contributed by atoms with van der Waals surface area (Å²) in [6.07, 6.45) is 6.00. The van der Waals surface area contributed by atoms with Crippen LogP contribution in [-0.4, -0.2) is 54.9 Å². The Balaban J connectivity index is 1.10. The molecule has 0 aromatic heterocycles. The molecule has 5 rings (SSSR count). The monoisotopic (exact) mass is 418 g/mol. The summed E-state index contributed by atoms with van der Waals surface area (Å²) in [4.78, 5) is 16.1. The van der Waals surface area contributed by atoms with Crippen molar-refractivity contribution in [2.24, 2.45) is 0 Å². The molecule has 1 unspecified atom stereocenters. The number of aliphatic hydroxyl groups is 1. The second-order valence-corrected chi connectivity index (χ2v) is 8.80. The zero-order valence-corrected chi connectivity index (χ0v) is 17.8. The number of anilines is 2. The number of carbonyl (C=O) groups excluding carboxylic acids is 1. The predicted octanol–water partition coefficient (Wildman–Crippen LogP) is 3.40. The number of carbonyl (C=O) groups is 1. The van der Waals surface area contributed by atoms with Crippen molar-refractivity contribution in [1.82, 2.24) is 10.2 Å². The Kier molecular flexibility index (Phi) is 5.66. The molecule has 1 aliphatic carbocycles. The van der Waals surface area contributed by atoms with E-state index in [0.717, 1.165) is 48.9 Å². The van der Waals surface area contributed by atoms with Crippen LogP contribution in [0, 0.1) is 0 Å². The highest BCUT2D eigenvalue weighted by atomic mass is 16.3. The fourth-order valence-corrected chi connectivity index (χ4v) is 4.44. The molecule has 2 aromatic carbocycles. The summed E-state index contributed by atoms with van der Waals surface area (Å²) in [7, 11) is 0. The number of aliphatic hydroxyl groups excluding tert-OH is 1. The van der Waals surface area contributed by atoms with E-state index in [9.17, 15) is 9.90 Å². The van der Waals surface area contributed by atoms with Gasteiger partial charge < -0.3 is 20.6 Å². The molecule has 6 nitrogen and oxygen atoms in total. The van der Waals surface area contributed by atoms with Crippen molar-refractivity contribution >= 4 is 23.5 Å². The van der Waals surface area contributed by atoms with Gasteiger partial charge in [0.05, 0.1) is 6.10 Å². The van der Waals surface area contributed by atoms with Crippen molar-refractivity contribution in [3.05, 3.63) is 65.2 Å². The van der Waals surface area contributed by atoms with Gasteiger partial charge >= 0.3 is 6.03 Å². The van der Waals surface area contributed by atoms with Gasteiger partial charge in [-0.25, -0.2) is 4.79 Å². The van der Waals surface area contributed by atoms with Crippen molar-refractivity contribution in [3.63, 3.8) is 0 Å². The third-order valence-corrected chi connectivity index (χ3v) is 6.45. The number of fused-ring (bicyclic) bond motifs is 1. The summed E-state index contributed by atoms with van der Waals surface area (Å²) < 4.78 is 0. The Morgan fingerprint density at radius 1 is 1.06 bits per heavy atom. The molecule has 1 atom stereocenters. The normalized spacial score (nSPS) is 20.3. The number of nitrogens with one attached hydrogen (secondary N) is 2. The molecule has 31 heavy (non-hydrogen) atoms. The van der Waals surface area contributed by atoms with Crippen LogP contribution in [0.15, 0.2) is 48.5 Å². The minimum absolute atomic E-state index is 0.165. The fraction of sp³-hybridized carbons (Fsp3) is 0.400. The van der Waals surface area contributed by atoms with E-state index in [1.54, 1.807) is 0 Å². The zero-order valence-electron chi connectivity index (χ0n) is 17.8. The van der Waals surface area contributed by atoms with Crippen LogP contribution in [0.2, 0.25) is 0 Å². The number of piperazine rings is 1. The quantitative estimate of drug-likeness (QED) is 0.673. The molecule has 2 fully saturated rings. The number of amides is 2. The summed E-state index contributed by atoms with van der Waals surface area (Å²) >= 11 is 0. The van der Waals surface area contributed by atoms with Crippen molar-refractivity contribution in [1.29, 1.82) is 0 Å². The van der Waals surface area contributed by atoms with Crippen LogP contribution in [0.3, 0.4) is 0 Å². The Bertz CT molecular complexity index is 960. The topological polar surface area (TPSA) is 67.8 Å². The lowest BCUT2D eigenvalue weighted by Crippen LogP contribution is -2.48. The molecule has 3 aliphatic rings. The van der Waals surface area contributed by atoms with Crippen LogP contribution >= 0.6 is 0 Å². The third kappa shape index (κ3) is 4.92. The van der Waals surface area contributed by atoms with E-state index in [-0.39, 0.29) is 6.03 Å². The van der Waals surface area contributed by atoms with Crippen molar-refractivity contribution in [2.45, 2.75) is 31.4 Å². The predicted molar refractivity (Wildman–Crippen MR) is 124 cm³/mol. The standard InChI is InChI=1S/C25H30N4O2/c30-23(9-1-18-2-10-24-21(15-18)16-26-25(31)27-24)17-28-11-13-29(14-12-28)22-7-5-20(6-8-22)19-3-4-19/h1-2,5-10,15,19,23,30H,3-4,11-14,16-17H2,(H2,26,27,31)/b9-1+. The maximum Gasteiger partial charge on any atom is 0.319 e. The van der Waals surface area contributed by atoms with Crippen molar-refractivity contribution in [2.75, 3.05) is 42.9 Å². The van der Waals surface area contributed by atoms with E-state index in [1.165, 1.54) is 24.1 Å². The summed E-state index contributed by atoms with van der Waals surface area (Å²) in [5, 5.41) is 16.1. The first-order valence-electron chi connectivity index (χ1n) is 11.3. The molecule has 1 saturated heterocycles. The number of urea groups is 1. The largest absolute Gasteiger partial charge is 0.388 e. The first kappa shape index (κ1) is 20.1. The van der Waals surface area contributed by atoms with Crippen LogP contribution in [0.25, 0.3) is 6.08 Å². The summed E-state index contributed by atoms with van der Waals surface area (Å²) in [5.41, 5.74) is 5.72. The van der Waals surface area contributed by atoms with Crippen LogP contribution < -0.4 is 15.5 Å². The lowest BCUT2D eigenvalue weighted by molar-refractivity contribution is 0.142. The lowest BCUT2D eigenvalue weighted by atomic mass is 10.1. The Morgan fingerprint density at radius 3 is 2.58 bits per heavy atom. The average molecular weight is 419 g/mol. The molecular weight excluding hydrogens is 388 g/mol. The summed E-state index contributed by atoms with van der Waals surface area (Å²) in [6.45, 7) is 5.07. The number of rotatable bonds is 6. The molecule has 2 amide bonds. The van der Waals surface area contributed by atoms with Gasteiger partial charge in [-0.15, -0.1) is 0 Å². The second kappa shape index (κ2) is 8.73. The summed E-state index contributed by atoms with van der Waals surface area (Å²) in [6, 6.07) is 14.9. The molecular formula is C25H30N4O2. The molecule has 0 spiro atoms. The van der Waals surface area contributed by atoms with Gasteiger partial charge in [-0.2, -0.15) is 0 Å². The van der Waals surface area contributed by atoms with Crippen molar-refractivity contribution in [3.8, 4) is 0 Å². The number of hydrogen-bond acceptors (Lipinski definition) is 4. The number of benzene rings is 2. The van der Waals surface area contributed by atoms with Crippen LogP contribution in [0.4, 0.5) is 16.2 Å². The minimum Gasteiger partial charge on any atom is -0.388 e. The molecule has 3 N–H and O–H groups in total. The lowest BCUT2D eigenvalue weighted by Gasteiger charge is -2.36. The highest BCUT2D eigenvalue weighted by molar-refractivity contribution is 5.92. The smallest absolute Gasteiger partial charge is 0.319 e. The van der Waals surface area contributed by atoms with Gasteiger partial charge in [0, 0.05) is 50.6 Å². The first-order valence-corrected chi connectivity index (χ1v) is 11.3. The second-order valence-electron chi connectivity index (χ2n) is 8.80. The van der Waals surface area contributed by atoms with E-state index >= 15 is 0 Å². The maximum atomic E-state index is 11.4. The van der Waals surface area contributed by atoms with Gasteiger partial charge in [0.1, 0.15) is 0 Å². The average Bonchev–Trinajstić information content (AvgIpc) is 3.64. The number of nitrogens with zero attached hydrogens (tertiary/aromatic N) is 2. The van der Waals surface area contributed by atoms with Crippen LogP contribution in [0.5, 0.6) is 0 Å². The van der Waals surface area contributed by atoms with Crippen molar-refractivity contribution < 1.29 is 9.90 Å². The van der Waals surface area contributed by atoms with E-state index in [4.69, 9.17) is 0 Å². The Hall–Kier alpha value is -2.83. The minimum atomic E-state index is -0.502. The highest BCUT2D eigenvalue weighted by Gasteiger charge is 2.24. The van der Waals surface area contributed by atoms with Gasteiger partial charge in [-0.3, -0.25) is 4.90 Å². The van der Waals surface area contributed by atoms with Crippen LogP contribution in [-0.2, 0) is 6.54 Å². The molecule has 0 radical (unpaired) electrons. The highest BCUT2D eigenvalue weighted by Crippen LogP contribution is 2.40. The summed E-state index contributed by atoms with van der Waals surface area (Å²) in [5.74, 6) is 0.805. The first-order chi connectivity index (χ1) is 15.1. The Morgan fingerprint density at radius 2 is 1.84 bits per heavy atom. The zero-order chi connectivity index (χ0) is 21.2. The SMILES string of the molecule is O=C1NCc2cc(/C=C/C(O)CN3CCN(c4ccc(C5CC5)cc4)CC3)ccc2N1.